The molecule has 0 saturated carbocycles. The molecule has 0 atom stereocenters. The molecule has 0 unspecified atom stereocenters. The van der Waals surface area contributed by atoms with Crippen LogP contribution in [0.25, 0.3) is 17.0 Å². The topological polar surface area (TPSA) is 25.2 Å². The molecule has 2 aromatic rings. The van der Waals surface area contributed by atoms with Gasteiger partial charge in [0, 0.05) is 35.2 Å². The number of rotatable bonds is 3. The van der Waals surface area contributed by atoms with E-state index in [0.29, 0.717) is 21.8 Å². The third-order valence-electron chi connectivity index (χ3n) is 3.80. The molecule has 1 amide bonds. The van der Waals surface area contributed by atoms with Gasteiger partial charge in [0.05, 0.1) is 4.91 Å². The van der Waals surface area contributed by atoms with Gasteiger partial charge < -0.3 is 4.57 Å². The van der Waals surface area contributed by atoms with E-state index in [9.17, 15) is 4.79 Å². The van der Waals surface area contributed by atoms with Gasteiger partial charge in [-0.25, -0.2) is 0 Å². The summed E-state index contributed by atoms with van der Waals surface area (Å²) in [5.41, 5.74) is 2.26. The van der Waals surface area contributed by atoms with E-state index in [1.54, 1.807) is 4.90 Å². The van der Waals surface area contributed by atoms with Crippen molar-refractivity contribution in [2.24, 2.45) is 0 Å². The maximum absolute atomic E-state index is 12.4. The molecule has 0 aliphatic carbocycles. The summed E-state index contributed by atoms with van der Waals surface area (Å²) in [6, 6.07) is 8.66. The first kappa shape index (κ1) is 15.3. The summed E-state index contributed by atoms with van der Waals surface area (Å²) in [4.78, 5) is 14.7. The van der Waals surface area contributed by atoms with E-state index in [0.717, 1.165) is 10.9 Å². The third-order valence-corrected chi connectivity index (χ3v) is 5.18. The smallest absolute Gasteiger partial charge is 0.266 e. The van der Waals surface area contributed by atoms with Crippen molar-refractivity contribution >= 4 is 51.2 Å². The molecule has 0 N–H and O–H groups in total. The van der Waals surface area contributed by atoms with Crippen LogP contribution in [-0.4, -0.2) is 26.2 Å². The second-order valence-corrected chi connectivity index (χ2v) is 7.20. The van der Waals surface area contributed by atoms with Gasteiger partial charge in [0.2, 0.25) is 0 Å². The number of thioether (sulfide) groups is 1. The zero-order valence-electron chi connectivity index (χ0n) is 12.9. The lowest BCUT2D eigenvalue weighted by Gasteiger charge is -2.09. The number of amides is 1. The Labute approximate surface area is 140 Å². The molecule has 1 aliphatic rings. The molecule has 5 heteroatoms. The van der Waals surface area contributed by atoms with Gasteiger partial charge in [-0.1, -0.05) is 42.2 Å². The third kappa shape index (κ3) is 2.48. The fraction of sp³-hybridized carbons (Fsp3) is 0.294. The Morgan fingerprint density at radius 1 is 1.32 bits per heavy atom. The van der Waals surface area contributed by atoms with E-state index in [2.05, 4.69) is 36.7 Å². The van der Waals surface area contributed by atoms with Gasteiger partial charge in [-0.3, -0.25) is 9.69 Å². The highest BCUT2D eigenvalue weighted by Gasteiger charge is 2.30. The fourth-order valence-electron chi connectivity index (χ4n) is 2.69. The van der Waals surface area contributed by atoms with Crippen LogP contribution in [0.5, 0.6) is 0 Å². The normalized spacial score (nSPS) is 17.5. The van der Waals surface area contributed by atoms with Crippen LogP contribution in [0.3, 0.4) is 0 Å². The lowest BCUT2D eigenvalue weighted by atomic mass is 10.1. The van der Waals surface area contributed by atoms with Crippen LogP contribution in [0.2, 0.25) is 0 Å². The molecule has 0 spiro atoms. The molecule has 1 aliphatic heterocycles. The first-order valence-corrected chi connectivity index (χ1v) is 8.60. The van der Waals surface area contributed by atoms with E-state index in [1.165, 1.54) is 17.3 Å². The Balaban J connectivity index is 2.10. The average molecular weight is 330 g/mol. The number of para-hydroxylation sites is 1. The Kier molecular flexibility index (Phi) is 4.10. The number of thiocarbonyl (C=S) groups is 1. The van der Waals surface area contributed by atoms with Gasteiger partial charge >= 0.3 is 0 Å². The lowest BCUT2D eigenvalue weighted by Crippen LogP contribution is -2.27. The van der Waals surface area contributed by atoms with Gasteiger partial charge in [-0.15, -0.1) is 0 Å². The summed E-state index contributed by atoms with van der Waals surface area (Å²) < 4.78 is 2.88. The molecule has 1 aromatic carbocycles. The van der Waals surface area contributed by atoms with E-state index in [-0.39, 0.29) is 5.91 Å². The van der Waals surface area contributed by atoms with Gasteiger partial charge in [-0.05, 0) is 32.9 Å². The number of carbonyl (C=O) groups excluding carboxylic acids is 1. The minimum Gasteiger partial charge on any atom is -0.344 e. The molecule has 3 rings (SSSR count). The zero-order valence-corrected chi connectivity index (χ0v) is 14.5. The molecule has 1 saturated heterocycles. The summed E-state index contributed by atoms with van der Waals surface area (Å²) in [6.45, 7) is 6.88. The van der Waals surface area contributed by atoms with Gasteiger partial charge in [0.15, 0.2) is 0 Å². The van der Waals surface area contributed by atoms with Crippen molar-refractivity contribution in [3.05, 3.63) is 40.9 Å². The summed E-state index contributed by atoms with van der Waals surface area (Å²) in [5.74, 6) is 0.0129. The Morgan fingerprint density at radius 2 is 2.05 bits per heavy atom. The van der Waals surface area contributed by atoms with Crippen LogP contribution >= 0.6 is 24.0 Å². The van der Waals surface area contributed by atoms with Crippen LogP contribution in [0.1, 0.15) is 32.4 Å². The van der Waals surface area contributed by atoms with Crippen LogP contribution in [0.15, 0.2) is 35.4 Å². The van der Waals surface area contributed by atoms with Crippen molar-refractivity contribution in [1.29, 1.82) is 0 Å². The lowest BCUT2D eigenvalue weighted by molar-refractivity contribution is -0.121. The van der Waals surface area contributed by atoms with Crippen LogP contribution in [0.4, 0.5) is 0 Å². The largest absolute Gasteiger partial charge is 0.344 e. The summed E-state index contributed by atoms with van der Waals surface area (Å²) in [7, 11) is 0. The molecular weight excluding hydrogens is 312 g/mol. The van der Waals surface area contributed by atoms with E-state index >= 15 is 0 Å². The van der Waals surface area contributed by atoms with Crippen LogP contribution in [0, 0.1) is 0 Å². The van der Waals surface area contributed by atoms with Crippen molar-refractivity contribution in [1.82, 2.24) is 9.47 Å². The van der Waals surface area contributed by atoms with Crippen molar-refractivity contribution in [2.45, 2.75) is 26.8 Å². The second kappa shape index (κ2) is 5.89. The number of likely N-dealkylation sites (N-methyl/N-ethyl adjacent to an activating group) is 1. The van der Waals surface area contributed by atoms with Crippen molar-refractivity contribution < 1.29 is 4.79 Å². The van der Waals surface area contributed by atoms with E-state index < -0.39 is 0 Å². The summed E-state index contributed by atoms with van der Waals surface area (Å²) in [5, 5.41) is 1.16. The van der Waals surface area contributed by atoms with Crippen molar-refractivity contribution in [2.75, 3.05) is 6.54 Å². The minimum absolute atomic E-state index is 0.0129. The zero-order chi connectivity index (χ0) is 15.9. The standard InChI is InChI=1S/C17H18N2OS2/c1-4-18-16(20)15(22-17(18)21)9-12-10-19(11(2)3)14-8-6-5-7-13(12)14/h5-11H,4H2,1-3H3/b15-9-. The second-order valence-electron chi connectivity index (χ2n) is 5.53. The summed E-state index contributed by atoms with van der Waals surface area (Å²) >= 11 is 6.66. The van der Waals surface area contributed by atoms with Crippen molar-refractivity contribution in [3.63, 3.8) is 0 Å². The number of benzene rings is 1. The van der Waals surface area contributed by atoms with Gasteiger partial charge in [0.25, 0.3) is 5.91 Å². The first-order valence-electron chi connectivity index (χ1n) is 7.38. The molecule has 0 bridgehead atoms. The van der Waals surface area contributed by atoms with E-state index in [4.69, 9.17) is 12.2 Å². The van der Waals surface area contributed by atoms with E-state index in [1.807, 2.05) is 25.1 Å². The van der Waals surface area contributed by atoms with Gasteiger partial charge in [-0.2, -0.15) is 0 Å². The number of fused-ring (bicyclic) bond motifs is 1. The average Bonchev–Trinajstić information content (AvgIpc) is 2.98. The predicted octanol–water partition coefficient (Wildman–Crippen LogP) is 4.44. The van der Waals surface area contributed by atoms with Crippen molar-refractivity contribution in [3.8, 4) is 0 Å². The highest BCUT2D eigenvalue weighted by Crippen LogP contribution is 2.34. The first-order chi connectivity index (χ1) is 10.5. The van der Waals surface area contributed by atoms with Gasteiger partial charge in [0.1, 0.15) is 4.32 Å². The molecular formula is C17H18N2OS2. The number of nitrogens with zero attached hydrogens (tertiary/aromatic N) is 2. The number of hydrogen-bond donors (Lipinski definition) is 0. The maximum atomic E-state index is 12.4. The quantitative estimate of drug-likeness (QED) is 0.614. The summed E-state index contributed by atoms with van der Waals surface area (Å²) in [6.07, 6.45) is 4.09. The molecule has 22 heavy (non-hydrogen) atoms. The fourth-order valence-corrected chi connectivity index (χ4v) is 4.06. The Morgan fingerprint density at radius 3 is 2.68 bits per heavy atom. The Hall–Kier alpha value is -1.59. The number of carbonyl (C=O) groups is 1. The molecule has 3 nitrogen and oxygen atoms in total. The van der Waals surface area contributed by atoms with Crippen LogP contribution in [-0.2, 0) is 4.79 Å². The highest BCUT2D eigenvalue weighted by molar-refractivity contribution is 8.26. The SMILES string of the molecule is CCN1C(=O)/C(=C/c2cn(C(C)C)c3ccccc23)SC1=S. The predicted molar refractivity (Wildman–Crippen MR) is 97.9 cm³/mol. The molecule has 1 fully saturated rings. The molecule has 114 valence electrons. The number of hydrogen-bond acceptors (Lipinski definition) is 3. The monoisotopic (exact) mass is 330 g/mol. The maximum Gasteiger partial charge on any atom is 0.266 e. The highest BCUT2D eigenvalue weighted by atomic mass is 32.2. The number of aromatic nitrogens is 1. The Bertz CT molecular complexity index is 789. The molecule has 0 radical (unpaired) electrons. The van der Waals surface area contributed by atoms with Crippen LogP contribution < -0.4 is 0 Å². The minimum atomic E-state index is 0.0129. The molecule has 1 aromatic heterocycles. The molecule has 2 heterocycles.